The Kier molecular flexibility index (Phi) is 5.96. The normalized spacial score (nSPS) is 18.8. The van der Waals surface area contributed by atoms with Crippen molar-refractivity contribution in [2.24, 2.45) is 5.73 Å². The molecule has 1 saturated heterocycles. The first kappa shape index (κ1) is 18.4. The van der Waals surface area contributed by atoms with E-state index in [-0.39, 0.29) is 30.2 Å². The Labute approximate surface area is 146 Å². The molecule has 1 aromatic carbocycles. The Balaban J connectivity index is 0.00000208. The van der Waals surface area contributed by atoms with Crippen molar-refractivity contribution in [2.75, 3.05) is 6.54 Å². The van der Waals surface area contributed by atoms with Gasteiger partial charge < -0.3 is 15.6 Å². The third kappa shape index (κ3) is 3.76. The number of hydrogen-bond donors (Lipinski definition) is 2. The number of carbonyl (C=O) groups excluding carboxylic acids is 1. The van der Waals surface area contributed by atoms with Gasteiger partial charge in [0, 0.05) is 12.1 Å². The first-order valence-electron chi connectivity index (χ1n) is 7.93. The second-order valence-electron chi connectivity index (χ2n) is 6.02. The van der Waals surface area contributed by atoms with Crippen LogP contribution >= 0.6 is 12.4 Å². The van der Waals surface area contributed by atoms with E-state index in [0.29, 0.717) is 6.54 Å². The van der Waals surface area contributed by atoms with Crippen molar-refractivity contribution >= 4 is 18.3 Å². The van der Waals surface area contributed by atoms with Gasteiger partial charge in [-0.3, -0.25) is 4.79 Å². The number of nitrogens with two attached hydrogens (primary N) is 1. The summed E-state index contributed by atoms with van der Waals surface area (Å²) in [5, 5.41) is 0. The number of halogens is 2. The predicted molar refractivity (Wildman–Crippen MR) is 93.2 cm³/mol. The van der Waals surface area contributed by atoms with Crippen molar-refractivity contribution in [3.8, 4) is 11.3 Å². The zero-order chi connectivity index (χ0) is 16.4. The Hall–Kier alpha value is -1.92. The van der Waals surface area contributed by atoms with Gasteiger partial charge >= 0.3 is 0 Å². The molecule has 130 valence electrons. The number of hydrogen-bond acceptors (Lipinski definition) is 3. The summed E-state index contributed by atoms with van der Waals surface area (Å²) in [6, 6.07) is 5.75. The Morgan fingerprint density at radius 3 is 2.96 bits per heavy atom. The lowest BCUT2D eigenvalue weighted by Crippen LogP contribution is -2.46. The van der Waals surface area contributed by atoms with E-state index in [1.165, 1.54) is 12.1 Å². The molecular weight excluding hydrogens is 331 g/mol. The number of aromatic nitrogens is 2. The van der Waals surface area contributed by atoms with Gasteiger partial charge in [0.05, 0.1) is 24.0 Å². The number of amides is 1. The second kappa shape index (κ2) is 7.77. The average Bonchev–Trinajstić information content (AvgIpc) is 3.04. The van der Waals surface area contributed by atoms with Gasteiger partial charge in [-0.05, 0) is 38.3 Å². The largest absolute Gasteiger partial charge is 0.340 e. The maximum absolute atomic E-state index is 13.4. The van der Waals surface area contributed by atoms with Crippen molar-refractivity contribution < 1.29 is 9.18 Å². The average molecular weight is 353 g/mol. The summed E-state index contributed by atoms with van der Waals surface area (Å²) in [7, 11) is 0. The summed E-state index contributed by atoms with van der Waals surface area (Å²) in [4.78, 5) is 21.8. The molecule has 3 rings (SSSR count). The molecular formula is C17H22ClFN4O. The number of nitrogens with zero attached hydrogens (tertiary/aromatic N) is 2. The van der Waals surface area contributed by atoms with Gasteiger partial charge in [0.25, 0.3) is 0 Å². The molecule has 2 aromatic rings. The third-order valence-corrected chi connectivity index (χ3v) is 4.22. The summed E-state index contributed by atoms with van der Waals surface area (Å²) in [5.74, 6) is 0.390. The predicted octanol–water partition coefficient (Wildman–Crippen LogP) is 3.04. The van der Waals surface area contributed by atoms with E-state index in [2.05, 4.69) is 9.97 Å². The fraction of sp³-hybridized carbons (Fsp3) is 0.412. The molecule has 7 heteroatoms. The SMILES string of the molecule is C[C@@H](N)C(=O)N1CCCCC1c1ncc(-c2cccc(F)c2)[nH]1.Cl. The minimum atomic E-state index is -0.520. The maximum Gasteiger partial charge on any atom is 0.239 e. The molecule has 1 aromatic heterocycles. The number of carbonyl (C=O) groups is 1. The van der Waals surface area contributed by atoms with Crippen LogP contribution < -0.4 is 5.73 Å². The topological polar surface area (TPSA) is 75.0 Å². The summed E-state index contributed by atoms with van der Waals surface area (Å²) in [6.07, 6.45) is 4.57. The quantitative estimate of drug-likeness (QED) is 0.891. The number of nitrogens with one attached hydrogen (secondary N) is 1. The highest BCUT2D eigenvalue weighted by Crippen LogP contribution is 2.31. The van der Waals surface area contributed by atoms with E-state index in [1.54, 1.807) is 19.2 Å². The lowest BCUT2D eigenvalue weighted by atomic mass is 10.0. The lowest BCUT2D eigenvalue weighted by Gasteiger charge is -2.35. The molecule has 1 unspecified atom stereocenters. The smallest absolute Gasteiger partial charge is 0.239 e. The first-order chi connectivity index (χ1) is 11.1. The van der Waals surface area contributed by atoms with Crippen LogP contribution in [0.25, 0.3) is 11.3 Å². The molecule has 1 amide bonds. The van der Waals surface area contributed by atoms with Gasteiger partial charge in [0.2, 0.25) is 5.91 Å². The van der Waals surface area contributed by atoms with Gasteiger partial charge in [-0.25, -0.2) is 9.37 Å². The van der Waals surface area contributed by atoms with Crippen LogP contribution in [-0.4, -0.2) is 33.4 Å². The van der Waals surface area contributed by atoms with E-state index >= 15 is 0 Å². The number of H-pyrrole nitrogens is 1. The van der Waals surface area contributed by atoms with Crippen molar-refractivity contribution in [1.82, 2.24) is 14.9 Å². The van der Waals surface area contributed by atoms with Crippen molar-refractivity contribution in [3.05, 3.63) is 42.1 Å². The Bertz CT molecular complexity index is 703. The summed E-state index contributed by atoms with van der Waals surface area (Å²) >= 11 is 0. The second-order valence-corrected chi connectivity index (χ2v) is 6.02. The van der Waals surface area contributed by atoms with Crippen molar-refractivity contribution in [1.29, 1.82) is 0 Å². The summed E-state index contributed by atoms with van der Waals surface area (Å²) in [5.41, 5.74) is 7.25. The number of aromatic amines is 1. The number of rotatable bonds is 3. The fourth-order valence-electron chi connectivity index (χ4n) is 3.05. The highest BCUT2D eigenvalue weighted by Gasteiger charge is 2.31. The van der Waals surface area contributed by atoms with Crippen molar-refractivity contribution in [2.45, 2.75) is 38.3 Å². The third-order valence-electron chi connectivity index (χ3n) is 4.22. The highest BCUT2D eigenvalue weighted by molar-refractivity contribution is 5.85. The van der Waals surface area contributed by atoms with E-state index in [1.807, 2.05) is 11.0 Å². The molecule has 0 saturated carbocycles. The van der Waals surface area contributed by atoms with Gasteiger partial charge in [-0.1, -0.05) is 12.1 Å². The molecule has 0 aliphatic carbocycles. The van der Waals surface area contributed by atoms with Gasteiger partial charge in [-0.2, -0.15) is 0 Å². The number of benzene rings is 1. The Morgan fingerprint density at radius 2 is 2.25 bits per heavy atom. The molecule has 1 aliphatic rings. The van der Waals surface area contributed by atoms with Crippen LogP contribution in [0.1, 0.15) is 38.1 Å². The van der Waals surface area contributed by atoms with E-state index < -0.39 is 6.04 Å². The molecule has 3 N–H and O–H groups in total. The zero-order valence-corrected chi connectivity index (χ0v) is 14.4. The zero-order valence-electron chi connectivity index (χ0n) is 13.5. The monoisotopic (exact) mass is 352 g/mol. The van der Waals surface area contributed by atoms with Crippen LogP contribution in [0.2, 0.25) is 0 Å². The molecule has 5 nitrogen and oxygen atoms in total. The van der Waals surface area contributed by atoms with E-state index in [4.69, 9.17) is 5.73 Å². The van der Waals surface area contributed by atoms with Crippen LogP contribution in [-0.2, 0) is 4.79 Å². The minimum Gasteiger partial charge on any atom is -0.340 e. The Morgan fingerprint density at radius 1 is 1.46 bits per heavy atom. The number of imidazole rings is 1. The van der Waals surface area contributed by atoms with Crippen molar-refractivity contribution in [3.63, 3.8) is 0 Å². The molecule has 0 bridgehead atoms. The fourth-order valence-corrected chi connectivity index (χ4v) is 3.05. The molecule has 2 heterocycles. The standard InChI is InChI=1S/C17H21FN4O.ClH/c1-11(19)17(23)22-8-3-2-7-15(22)16-20-10-14(21-16)12-5-4-6-13(18)9-12;/h4-6,9-11,15H,2-3,7-8,19H2,1H3,(H,20,21);1H/t11-,15?;/m1./s1. The van der Waals surface area contributed by atoms with Crippen LogP contribution in [0.4, 0.5) is 4.39 Å². The highest BCUT2D eigenvalue weighted by atomic mass is 35.5. The number of piperidine rings is 1. The van der Waals surface area contributed by atoms with Gasteiger partial charge in [-0.15, -0.1) is 12.4 Å². The molecule has 1 aliphatic heterocycles. The van der Waals surface area contributed by atoms with Crippen LogP contribution in [0, 0.1) is 5.82 Å². The molecule has 2 atom stereocenters. The van der Waals surface area contributed by atoms with Crippen LogP contribution in [0.15, 0.2) is 30.5 Å². The van der Waals surface area contributed by atoms with Crippen LogP contribution in [0.5, 0.6) is 0 Å². The summed E-state index contributed by atoms with van der Waals surface area (Å²) < 4.78 is 13.4. The van der Waals surface area contributed by atoms with E-state index in [0.717, 1.165) is 36.3 Å². The van der Waals surface area contributed by atoms with E-state index in [9.17, 15) is 9.18 Å². The number of likely N-dealkylation sites (tertiary alicyclic amines) is 1. The molecule has 0 radical (unpaired) electrons. The molecule has 0 spiro atoms. The first-order valence-corrected chi connectivity index (χ1v) is 7.93. The summed E-state index contributed by atoms with van der Waals surface area (Å²) in [6.45, 7) is 2.40. The minimum absolute atomic E-state index is 0. The van der Waals surface area contributed by atoms with Gasteiger partial charge in [0.15, 0.2) is 0 Å². The van der Waals surface area contributed by atoms with Crippen LogP contribution in [0.3, 0.4) is 0 Å². The lowest BCUT2D eigenvalue weighted by molar-refractivity contribution is -0.136. The molecule has 1 fully saturated rings. The maximum atomic E-state index is 13.4. The van der Waals surface area contributed by atoms with Gasteiger partial charge in [0.1, 0.15) is 11.6 Å². The molecule has 24 heavy (non-hydrogen) atoms.